The standard InChI is InChI=1S/C13H11N3O3S/c14-13(20)16-15-8-9-3-5-10(6-4-9)19-12(17)11-2-1-7-18-11/h1-8H,(H3,14,16,20)/b15-8-. The average molecular weight is 289 g/mol. The Balaban J connectivity index is 1.96. The molecular formula is C13H11N3O3S. The first-order chi connectivity index (χ1) is 9.65. The summed E-state index contributed by atoms with van der Waals surface area (Å²) in [4.78, 5) is 11.6. The Labute approximate surface area is 120 Å². The van der Waals surface area contributed by atoms with Gasteiger partial charge in [-0.15, -0.1) is 0 Å². The van der Waals surface area contributed by atoms with E-state index in [-0.39, 0.29) is 10.9 Å². The molecule has 102 valence electrons. The highest BCUT2D eigenvalue weighted by Crippen LogP contribution is 2.13. The number of carbonyl (C=O) groups is 1. The van der Waals surface area contributed by atoms with Gasteiger partial charge in [0, 0.05) is 0 Å². The number of hydrogen-bond acceptors (Lipinski definition) is 5. The molecule has 1 aromatic heterocycles. The van der Waals surface area contributed by atoms with E-state index < -0.39 is 5.97 Å². The number of nitrogens with one attached hydrogen (secondary N) is 1. The summed E-state index contributed by atoms with van der Waals surface area (Å²) in [6, 6.07) is 9.90. The van der Waals surface area contributed by atoms with Gasteiger partial charge in [0.1, 0.15) is 5.75 Å². The number of carbonyl (C=O) groups excluding carboxylic acids is 1. The van der Waals surface area contributed by atoms with Gasteiger partial charge in [-0.3, -0.25) is 5.43 Å². The number of rotatable bonds is 4. The molecular weight excluding hydrogens is 278 g/mol. The van der Waals surface area contributed by atoms with Crippen molar-refractivity contribution in [3.63, 3.8) is 0 Å². The molecule has 0 bridgehead atoms. The van der Waals surface area contributed by atoms with E-state index in [0.29, 0.717) is 5.75 Å². The number of nitrogens with two attached hydrogens (primary N) is 1. The Hall–Kier alpha value is -2.67. The van der Waals surface area contributed by atoms with Gasteiger partial charge in [-0.25, -0.2) is 4.79 Å². The lowest BCUT2D eigenvalue weighted by Crippen LogP contribution is -2.23. The van der Waals surface area contributed by atoms with Gasteiger partial charge in [0.25, 0.3) is 0 Å². The number of furan rings is 1. The molecule has 1 aromatic carbocycles. The molecule has 3 N–H and O–H groups in total. The minimum absolute atomic E-state index is 0.0882. The monoisotopic (exact) mass is 289 g/mol. The third kappa shape index (κ3) is 3.92. The number of nitrogens with zero attached hydrogens (tertiary/aromatic N) is 1. The van der Waals surface area contributed by atoms with Crippen molar-refractivity contribution in [3.05, 3.63) is 54.0 Å². The molecule has 0 atom stereocenters. The van der Waals surface area contributed by atoms with Crippen molar-refractivity contribution in [2.24, 2.45) is 10.8 Å². The Bertz CT molecular complexity index is 621. The topological polar surface area (TPSA) is 89.9 Å². The fourth-order valence-corrected chi connectivity index (χ4v) is 1.40. The second kappa shape index (κ2) is 6.48. The minimum Gasteiger partial charge on any atom is -0.457 e. The van der Waals surface area contributed by atoms with Gasteiger partial charge in [0.05, 0.1) is 12.5 Å². The first-order valence-corrected chi connectivity index (χ1v) is 6.00. The maximum atomic E-state index is 11.6. The molecule has 0 fully saturated rings. The molecule has 7 heteroatoms. The highest BCUT2D eigenvalue weighted by Gasteiger charge is 2.10. The molecule has 0 unspecified atom stereocenters. The maximum absolute atomic E-state index is 11.6. The molecule has 0 saturated heterocycles. The molecule has 0 aliphatic heterocycles. The first-order valence-electron chi connectivity index (χ1n) is 5.59. The summed E-state index contributed by atoms with van der Waals surface area (Å²) < 4.78 is 10.1. The number of hydrazone groups is 1. The van der Waals surface area contributed by atoms with E-state index >= 15 is 0 Å². The van der Waals surface area contributed by atoms with Crippen LogP contribution in [0.3, 0.4) is 0 Å². The van der Waals surface area contributed by atoms with Crippen molar-refractivity contribution in [3.8, 4) is 5.75 Å². The zero-order valence-electron chi connectivity index (χ0n) is 10.3. The van der Waals surface area contributed by atoms with Crippen LogP contribution >= 0.6 is 12.2 Å². The first kappa shape index (κ1) is 13.8. The molecule has 20 heavy (non-hydrogen) atoms. The van der Waals surface area contributed by atoms with Crippen LogP contribution in [0.1, 0.15) is 16.1 Å². The molecule has 0 saturated carbocycles. The quantitative estimate of drug-likeness (QED) is 0.292. The van der Waals surface area contributed by atoms with Crippen LogP contribution in [-0.4, -0.2) is 17.3 Å². The lowest BCUT2D eigenvalue weighted by molar-refractivity contribution is 0.0701. The Morgan fingerprint density at radius 2 is 2.10 bits per heavy atom. The summed E-state index contributed by atoms with van der Waals surface area (Å²) in [5.74, 6) is 0.00807. The Morgan fingerprint density at radius 1 is 1.35 bits per heavy atom. The predicted octanol–water partition coefficient (Wildman–Crippen LogP) is 1.67. The molecule has 1 heterocycles. The van der Waals surface area contributed by atoms with E-state index in [0.717, 1.165) is 5.56 Å². The van der Waals surface area contributed by atoms with E-state index in [1.54, 1.807) is 30.3 Å². The van der Waals surface area contributed by atoms with Crippen molar-refractivity contribution in [2.75, 3.05) is 0 Å². The molecule has 2 rings (SSSR count). The van der Waals surface area contributed by atoms with Crippen molar-refractivity contribution < 1.29 is 13.9 Å². The van der Waals surface area contributed by atoms with E-state index in [9.17, 15) is 4.79 Å². The van der Waals surface area contributed by atoms with Crippen molar-refractivity contribution in [1.29, 1.82) is 0 Å². The van der Waals surface area contributed by atoms with Crippen LogP contribution < -0.4 is 15.9 Å². The highest BCUT2D eigenvalue weighted by atomic mass is 32.1. The SMILES string of the molecule is NC(=S)N/N=C\c1ccc(OC(=O)c2ccco2)cc1. The summed E-state index contributed by atoms with van der Waals surface area (Å²) in [5.41, 5.74) is 8.46. The van der Waals surface area contributed by atoms with Gasteiger partial charge in [-0.2, -0.15) is 5.10 Å². The highest BCUT2D eigenvalue weighted by molar-refractivity contribution is 7.80. The number of benzene rings is 1. The molecule has 0 spiro atoms. The summed E-state index contributed by atoms with van der Waals surface area (Å²) in [5, 5.41) is 3.90. The lowest BCUT2D eigenvalue weighted by Gasteiger charge is -2.02. The van der Waals surface area contributed by atoms with E-state index in [4.69, 9.17) is 14.9 Å². The fourth-order valence-electron chi connectivity index (χ4n) is 1.34. The normalized spacial score (nSPS) is 10.4. The number of ether oxygens (including phenoxy) is 1. The lowest BCUT2D eigenvalue weighted by atomic mass is 10.2. The van der Waals surface area contributed by atoms with E-state index in [1.165, 1.54) is 18.5 Å². The van der Waals surface area contributed by atoms with Crippen LogP contribution in [0, 0.1) is 0 Å². The average Bonchev–Trinajstić information content (AvgIpc) is 2.94. The van der Waals surface area contributed by atoms with Crippen LogP contribution in [0.4, 0.5) is 0 Å². The van der Waals surface area contributed by atoms with Gasteiger partial charge in [-0.1, -0.05) is 0 Å². The van der Waals surface area contributed by atoms with Gasteiger partial charge in [0.2, 0.25) is 5.76 Å². The molecule has 0 aliphatic rings. The third-order valence-corrected chi connectivity index (χ3v) is 2.29. The fraction of sp³-hybridized carbons (Fsp3) is 0. The van der Waals surface area contributed by atoms with Crippen LogP contribution in [0.25, 0.3) is 0 Å². The summed E-state index contributed by atoms with van der Waals surface area (Å²) in [6.45, 7) is 0. The minimum atomic E-state index is -0.549. The zero-order valence-corrected chi connectivity index (χ0v) is 11.1. The predicted molar refractivity (Wildman–Crippen MR) is 77.6 cm³/mol. The van der Waals surface area contributed by atoms with Crippen LogP contribution in [-0.2, 0) is 0 Å². The van der Waals surface area contributed by atoms with Crippen LogP contribution in [0.15, 0.2) is 52.2 Å². The smallest absolute Gasteiger partial charge is 0.379 e. The van der Waals surface area contributed by atoms with Crippen molar-refractivity contribution in [1.82, 2.24) is 5.43 Å². The number of hydrogen-bond donors (Lipinski definition) is 2. The molecule has 6 nitrogen and oxygen atoms in total. The Kier molecular flexibility index (Phi) is 4.46. The molecule has 0 radical (unpaired) electrons. The Morgan fingerprint density at radius 3 is 2.70 bits per heavy atom. The third-order valence-electron chi connectivity index (χ3n) is 2.20. The van der Waals surface area contributed by atoms with Crippen LogP contribution in [0.2, 0.25) is 0 Å². The zero-order chi connectivity index (χ0) is 14.4. The number of esters is 1. The van der Waals surface area contributed by atoms with Crippen LogP contribution in [0.5, 0.6) is 5.75 Å². The summed E-state index contributed by atoms with van der Waals surface area (Å²) in [7, 11) is 0. The van der Waals surface area contributed by atoms with Gasteiger partial charge in [-0.05, 0) is 54.2 Å². The van der Waals surface area contributed by atoms with Crippen molar-refractivity contribution >= 4 is 29.5 Å². The second-order valence-corrected chi connectivity index (χ2v) is 4.11. The summed E-state index contributed by atoms with van der Waals surface area (Å²) in [6.07, 6.45) is 2.95. The van der Waals surface area contributed by atoms with Crippen molar-refractivity contribution in [2.45, 2.75) is 0 Å². The van der Waals surface area contributed by atoms with Gasteiger partial charge >= 0.3 is 5.97 Å². The molecule has 2 aromatic rings. The molecule has 0 aliphatic carbocycles. The summed E-state index contributed by atoms with van der Waals surface area (Å²) >= 11 is 4.60. The van der Waals surface area contributed by atoms with E-state index in [2.05, 4.69) is 22.7 Å². The molecule has 0 amide bonds. The maximum Gasteiger partial charge on any atom is 0.379 e. The second-order valence-electron chi connectivity index (χ2n) is 3.67. The van der Waals surface area contributed by atoms with E-state index in [1.807, 2.05) is 0 Å². The van der Waals surface area contributed by atoms with Gasteiger partial charge in [0.15, 0.2) is 5.11 Å². The largest absolute Gasteiger partial charge is 0.457 e. The van der Waals surface area contributed by atoms with Gasteiger partial charge < -0.3 is 14.9 Å². The number of thiocarbonyl (C=S) groups is 1.